The van der Waals surface area contributed by atoms with E-state index in [0.29, 0.717) is 44.3 Å². The lowest BCUT2D eigenvalue weighted by molar-refractivity contribution is 0.0968. The van der Waals surface area contributed by atoms with Gasteiger partial charge >= 0.3 is 0 Å². The van der Waals surface area contributed by atoms with Gasteiger partial charge in [-0.3, -0.25) is 19.0 Å². The molecule has 2 heterocycles. The van der Waals surface area contributed by atoms with Crippen molar-refractivity contribution < 1.29 is 9.59 Å². The molecular formula is C37H27ClN2O3. The minimum absolute atomic E-state index is 0.249. The van der Waals surface area contributed by atoms with Gasteiger partial charge in [0.05, 0.1) is 11.3 Å². The molecule has 43 heavy (non-hydrogen) atoms. The number of aryl methyl sites for hydroxylation is 3. The zero-order chi connectivity index (χ0) is 30.0. The van der Waals surface area contributed by atoms with E-state index in [1.54, 1.807) is 45.9 Å². The molecule has 0 N–H and O–H groups in total. The average molecular weight is 583 g/mol. The van der Waals surface area contributed by atoms with E-state index in [4.69, 9.17) is 11.6 Å². The summed E-state index contributed by atoms with van der Waals surface area (Å²) in [6.45, 7) is 5.88. The molecule has 2 aliphatic rings. The number of allylic oxidation sites excluding steroid dienone is 2. The van der Waals surface area contributed by atoms with Gasteiger partial charge in [-0.1, -0.05) is 83.4 Å². The molecule has 1 aliphatic heterocycles. The number of anilines is 2. The Balaban J connectivity index is 1.62. The molecule has 1 aliphatic carbocycles. The molecule has 1 unspecified atom stereocenters. The molecular weight excluding hydrogens is 556 g/mol. The number of Topliss-reactive ketones (excluding diaryl/α,β-unsaturated/α-hetero) is 2. The first kappa shape index (κ1) is 26.9. The Morgan fingerprint density at radius 3 is 1.81 bits per heavy atom. The van der Waals surface area contributed by atoms with E-state index in [0.717, 1.165) is 16.8 Å². The van der Waals surface area contributed by atoms with Gasteiger partial charge in [-0.05, 0) is 68.8 Å². The number of carbonyl (C=O) groups excluding carboxylic acids is 2. The molecule has 0 radical (unpaired) electrons. The van der Waals surface area contributed by atoms with Crippen molar-refractivity contribution in [1.82, 2.24) is 4.57 Å². The van der Waals surface area contributed by atoms with E-state index >= 15 is 0 Å². The summed E-state index contributed by atoms with van der Waals surface area (Å²) in [4.78, 5) is 45.5. The Kier molecular flexibility index (Phi) is 6.29. The Labute approximate surface area is 254 Å². The van der Waals surface area contributed by atoms with Crippen molar-refractivity contribution in [3.05, 3.63) is 169 Å². The first-order valence-corrected chi connectivity index (χ1v) is 14.5. The highest BCUT2D eigenvalue weighted by Gasteiger charge is 2.46. The molecule has 0 saturated heterocycles. The summed E-state index contributed by atoms with van der Waals surface area (Å²) >= 11 is 6.29. The van der Waals surface area contributed by atoms with Gasteiger partial charge < -0.3 is 4.90 Å². The van der Waals surface area contributed by atoms with Crippen LogP contribution in [0.15, 0.2) is 119 Å². The van der Waals surface area contributed by atoms with E-state index in [2.05, 4.69) is 0 Å². The molecule has 5 nitrogen and oxygen atoms in total. The van der Waals surface area contributed by atoms with Crippen LogP contribution in [-0.4, -0.2) is 16.1 Å². The summed E-state index contributed by atoms with van der Waals surface area (Å²) in [5.74, 6) is -1.32. The summed E-state index contributed by atoms with van der Waals surface area (Å²) < 4.78 is 1.68. The number of benzene rings is 4. The smallest absolute Gasteiger partial charge is 0.261 e. The van der Waals surface area contributed by atoms with Crippen LogP contribution in [0.25, 0.3) is 5.69 Å². The van der Waals surface area contributed by atoms with Crippen molar-refractivity contribution in [2.75, 3.05) is 4.90 Å². The topological polar surface area (TPSA) is 59.4 Å². The van der Waals surface area contributed by atoms with E-state index < -0.39 is 5.92 Å². The molecule has 0 bridgehead atoms. The molecule has 1 aromatic heterocycles. The zero-order valence-corrected chi connectivity index (χ0v) is 24.6. The average Bonchev–Trinajstić information content (AvgIpc) is 3.01. The lowest BCUT2D eigenvalue weighted by atomic mass is 9.73. The van der Waals surface area contributed by atoms with Crippen LogP contribution in [0, 0.1) is 20.8 Å². The van der Waals surface area contributed by atoms with Crippen molar-refractivity contribution in [2.45, 2.75) is 26.7 Å². The summed E-state index contributed by atoms with van der Waals surface area (Å²) in [6, 6.07) is 31.6. The molecule has 0 amide bonds. The van der Waals surface area contributed by atoms with Crippen molar-refractivity contribution in [3.63, 3.8) is 0 Å². The lowest BCUT2D eigenvalue weighted by Crippen LogP contribution is -2.41. The Morgan fingerprint density at radius 2 is 1.21 bits per heavy atom. The number of hydrogen-bond acceptors (Lipinski definition) is 4. The Morgan fingerprint density at radius 1 is 0.651 bits per heavy atom. The molecule has 6 heteroatoms. The summed E-state index contributed by atoms with van der Waals surface area (Å²) in [6.07, 6.45) is 0. The van der Waals surface area contributed by atoms with Gasteiger partial charge in [0.1, 0.15) is 5.70 Å². The maximum absolute atomic E-state index is 14.8. The fourth-order valence-corrected chi connectivity index (χ4v) is 6.41. The number of ketones is 2. The highest BCUT2D eigenvalue weighted by atomic mass is 35.5. The highest BCUT2D eigenvalue weighted by molar-refractivity contribution is 6.31. The van der Waals surface area contributed by atoms with Gasteiger partial charge in [-0.2, -0.15) is 0 Å². The Hall–Kier alpha value is -5.00. The van der Waals surface area contributed by atoms with E-state index in [1.165, 1.54) is 0 Å². The third kappa shape index (κ3) is 4.19. The fraction of sp³-hybridized carbons (Fsp3) is 0.108. The third-order valence-corrected chi connectivity index (χ3v) is 8.62. The SMILES string of the molecule is Cc1ccc(N2C3=C(C(=O)c4ccccc4C3=O)C(c3ccc(Cl)cc3)c3c2cc(C)n(-c2ccc(C)cc2)c3=O)cc1. The van der Waals surface area contributed by atoms with E-state index in [1.807, 2.05) is 87.5 Å². The van der Waals surface area contributed by atoms with E-state index in [9.17, 15) is 14.4 Å². The van der Waals surface area contributed by atoms with Gasteiger partial charge in [0, 0.05) is 44.7 Å². The lowest BCUT2D eigenvalue weighted by Gasteiger charge is -2.40. The fourth-order valence-electron chi connectivity index (χ4n) is 6.29. The molecule has 4 aromatic carbocycles. The van der Waals surface area contributed by atoms with Crippen LogP contribution in [-0.2, 0) is 0 Å². The van der Waals surface area contributed by atoms with Crippen molar-refractivity contribution in [1.29, 1.82) is 0 Å². The predicted octanol–water partition coefficient (Wildman–Crippen LogP) is 8.03. The first-order valence-electron chi connectivity index (χ1n) is 14.1. The molecule has 0 spiro atoms. The second-order valence-electron chi connectivity index (χ2n) is 11.2. The molecule has 210 valence electrons. The number of fused-ring (bicyclic) bond motifs is 2. The number of rotatable bonds is 3. The highest BCUT2D eigenvalue weighted by Crippen LogP contribution is 2.50. The minimum atomic E-state index is -0.793. The first-order chi connectivity index (χ1) is 20.7. The molecule has 0 saturated carbocycles. The van der Waals surface area contributed by atoms with Crippen molar-refractivity contribution in [3.8, 4) is 5.69 Å². The second kappa shape index (κ2) is 10.1. The monoisotopic (exact) mass is 582 g/mol. The molecule has 1 atom stereocenters. The van der Waals surface area contributed by atoms with E-state index in [-0.39, 0.29) is 28.4 Å². The van der Waals surface area contributed by atoms with Gasteiger partial charge in [0.2, 0.25) is 5.78 Å². The summed E-state index contributed by atoms with van der Waals surface area (Å²) in [5, 5.41) is 0.535. The second-order valence-corrected chi connectivity index (χ2v) is 11.6. The van der Waals surface area contributed by atoms with Crippen LogP contribution in [0.4, 0.5) is 11.4 Å². The quantitative estimate of drug-likeness (QED) is 0.216. The number of carbonyl (C=O) groups is 2. The Bertz CT molecular complexity index is 2050. The number of aromatic nitrogens is 1. The third-order valence-electron chi connectivity index (χ3n) is 8.37. The normalized spacial score (nSPS) is 15.7. The molecule has 7 rings (SSSR count). The molecule has 0 fully saturated rings. The predicted molar refractivity (Wildman–Crippen MR) is 170 cm³/mol. The summed E-state index contributed by atoms with van der Waals surface area (Å²) in [7, 11) is 0. The number of pyridine rings is 1. The number of halogens is 1. The maximum Gasteiger partial charge on any atom is 0.261 e. The minimum Gasteiger partial charge on any atom is -0.306 e. The van der Waals surface area contributed by atoms with Crippen molar-refractivity contribution >= 4 is 34.5 Å². The van der Waals surface area contributed by atoms with Crippen LogP contribution in [0.5, 0.6) is 0 Å². The van der Waals surface area contributed by atoms with Crippen LogP contribution < -0.4 is 10.5 Å². The van der Waals surface area contributed by atoms with Crippen LogP contribution >= 0.6 is 11.6 Å². The van der Waals surface area contributed by atoms with Gasteiger partial charge in [-0.25, -0.2) is 0 Å². The standard InChI is InChI=1S/C37H27ClN2O3/c1-21-8-16-26(17-9-21)39-23(3)20-30-32(37(39)43)31(24-12-14-25(38)15-13-24)33-34(40(30)27-18-10-22(2)11-19-27)36(42)29-7-5-4-6-28(29)35(33)41/h4-20,31H,1-3H3. The molecule has 5 aromatic rings. The zero-order valence-electron chi connectivity index (χ0n) is 23.9. The number of hydrogen-bond donors (Lipinski definition) is 0. The van der Waals surface area contributed by atoms with Crippen LogP contribution in [0.2, 0.25) is 5.02 Å². The van der Waals surface area contributed by atoms with Gasteiger partial charge in [0.15, 0.2) is 5.78 Å². The van der Waals surface area contributed by atoms with Gasteiger partial charge in [0.25, 0.3) is 5.56 Å². The number of nitrogens with zero attached hydrogens (tertiary/aromatic N) is 2. The summed E-state index contributed by atoms with van der Waals surface area (Å²) in [5.41, 5.74) is 6.97. The maximum atomic E-state index is 14.8. The largest absolute Gasteiger partial charge is 0.306 e. The van der Waals surface area contributed by atoms with Crippen LogP contribution in [0.3, 0.4) is 0 Å². The van der Waals surface area contributed by atoms with Crippen molar-refractivity contribution in [2.24, 2.45) is 0 Å². The van der Waals surface area contributed by atoms with Gasteiger partial charge in [-0.15, -0.1) is 0 Å². The van der Waals surface area contributed by atoms with Crippen LogP contribution in [0.1, 0.15) is 54.6 Å².